The van der Waals surface area contributed by atoms with E-state index in [1.807, 2.05) is 0 Å². The van der Waals surface area contributed by atoms with E-state index in [2.05, 4.69) is 0 Å². The number of rotatable bonds is 0. The summed E-state index contributed by atoms with van der Waals surface area (Å²) in [5.41, 5.74) is 0.844. The lowest BCUT2D eigenvalue weighted by molar-refractivity contribution is -0.133. The van der Waals surface area contributed by atoms with Crippen molar-refractivity contribution in [1.29, 1.82) is 0 Å². The summed E-state index contributed by atoms with van der Waals surface area (Å²) in [6.07, 6.45) is 1.39. The third-order valence-corrected chi connectivity index (χ3v) is 4.39. The fourth-order valence-electron chi connectivity index (χ4n) is 3.41. The van der Waals surface area contributed by atoms with E-state index in [0.717, 1.165) is 0 Å². The maximum Gasteiger partial charge on any atom is 0.222 e. The lowest BCUT2D eigenvalue weighted by Gasteiger charge is -2.33. The predicted molar refractivity (Wildman–Crippen MR) is 74.5 cm³/mol. The molecule has 1 heterocycles. The highest BCUT2D eigenvalue weighted by Crippen LogP contribution is 2.55. The SMILES string of the molecule is O=C1C=C2C[C@]3(O)COc4c(ccc(O)c4O)C3=C2CC1=O. The molecule has 0 aromatic heterocycles. The maximum absolute atomic E-state index is 11.7. The van der Waals surface area contributed by atoms with Crippen LogP contribution in [-0.2, 0) is 9.59 Å². The number of ketones is 2. The van der Waals surface area contributed by atoms with E-state index in [4.69, 9.17) is 4.74 Å². The monoisotopic (exact) mass is 300 g/mol. The van der Waals surface area contributed by atoms with Crippen LogP contribution in [-0.4, -0.2) is 39.1 Å². The first-order valence-corrected chi connectivity index (χ1v) is 6.83. The quantitative estimate of drug-likeness (QED) is 0.484. The van der Waals surface area contributed by atoms with Gasteiger partial charge in [0, 0.05) is 24.0 Å². The summed E-state index contributed by atoms with van der Waals surface area (Å²) in [5, 5.41) is 30.3. The first-order valence-electron chi connectivity index (χ1n) is 6.83. The molecule has 3 aliphatic rings. The number of Topliss-reactive ketones (excluding diaryl/α,β-unsaturated/α-hetero) is 1. The van der Waals surface area contributed by atoms with Crippen molar-refractivity contribution in [2.45, 2.75) is 18.4 Å². The smallest absolute Gasteiger partial charge is 0.222 e. The number of carbonyl (C=O) groups excluding carboxylic acids is 2. The molecule has 0 unspecified atom stereocenters. The molecule has 3 N–H and O–H groups in total. The Morgan fingerprint density at radius 2 is 1.95 bits per heavy atom. The molecule has 0 saturated heterocycles. The highest BCUT2D eigenvalue weighted by Gasteiger charge is 2.49. The standard InChI is InChI=1S/C16H12O6/c17-10-2-1-8-13-9-4-12(19)11(18)3-7(9)5-16(13,21)6-22-15(8)14(10)20/h1-3,17,20-21H,4-6H2/t16-/m0/s1. The number of ether oxygens (including phenoxy) is 1. The average Bonchev–Trinajstić information content (AvgIpc) is 2.75. The van der Waals surface area contributed by atoms with Gasteiger partial charge in [0.1, 0.15) is 12.2 Å². The van der Waals surface area contributed by atoms with Gasteiger partial charge in [-0.1, -0.05) is 0 Å². The van der Waals surface area contributed by atoms with Gasteiger partial charge in [0.25, 0.3) is 0 Å². The number of benzene rings is 1. The van der Waals surface area contributed by atoms with Gasteiger partial charge in [-0.25, -0.2) is 0 Å². The van der Waals surface area contributed by atoms with Crippen LogP contribution in [0.5, 0.6) is 17.2 Å². The number of allylic oxidation sites excluding steroid dienone is 2. The molecule has 0 saturated carbocycles. The van der Waals surface area contributed by atoms with E-state index in [1.54, 1.807) is 0 Å². The fourth-order valence-corrected chi connectivity index (χ4v) is 3.41. The predicted octanol–water partition coefficient (Wildman–Crippen LogP) is 0.847. The van der Waals surface area contributed by atoms with Crippen LogP contribution in [0.25, 0.3) is 5.57 Å². The molecule has 1 atom stereocenters. The van der Waals surface area contributed by atoms with Gasteiger partial charge in [-0.15, -0.1) is 0 Å². The minimum absolute atomic E-state index is 0.0661. The largest absolute Gasteiger partial charge is 0.504 e. The highest BCUT2D eigenvalue weighted by atomic mass is 16.5. The summed E-state index contributed by atoms with van der Waals surface area (Å²) in [7, 11) is 0. The van der Waals surface area contributed by atoms with Crippen molar-refractivity contribution in [2.75, 3.05) is 6.61 Å². The zero-order chi connectivity index (χ0) is 15.6. The molecule has 1 aliphatic heterocycles. The van der Waals surface area contributed by atoms with Crippen LogP contribution in [0.3, 0.4) is 0 Å². The highest BCUT2D eigenvalue weighted by molar-refractivity contribution is 6.43. The van der Waals surface area contributed by atoms with Crippen LogP contribution in [0, 0.1) is 0 Å². The minimum Gasteiger partial charge on any atom is -0.504 e. The fraction of sp³-hybridized carbons (Fsp3) is 0.250. The summed E-state index contributed by atoms with van der Waals surface area (Å²) in [4.78, 5) is 23.3. The molecule has 2 aliphatic carbocycles. The van der Waals surface area contributed by atoms with E-state index in [1.165, 1.54) is 18.2 Å². The van der Waals surface area contributed by atoms with Gasteiger partial charge in [-0.3, -0.25) is 9.59 Å². The summed E-state index contributed by atoms with van der Waals surface area (Å²) in [5.74, 6) is -1.72. The van der Waals surface area contributed by atoms with Crippen molar-refractivity contribution in [3.8, 4) is 17.2 Å². The van der Waals surface area contributed by atoms with Gasteiger partial charge in [-0.2, -0.15) is 0 Å². The van der Waals surface area contributed by atoms with Crippen molar-refractivity contribution in [1.82, 2.24) is 0 Å². The number of phenolic OH excluding ortho intramolecular Hbond substituents is 2. The van der Waals surface area contributed by atoms with E-state index >= 15 is 0 Å². The molecule has 6 heteroatoms. The molecular formula is C16H12O6. The molecule has 6 nitrogen and oxygen atoms in total. The molecule has 0 fully saturated rings. The average molecular weight is 300 g/mol. The number of fused-ring (bicyclic) bond motifs is 4. The molecule has 0 amide bonds. The Hall–Kier alpha value is -2.60. The normalized spacial score (nSPS) is 26.1. The number of phenols is 2. The van der Waals surface area contributed by atoms with Crippen LogP contribution < -0.4 is 4.74 Å². The molecular weight excluding hydrogens is 288 g/mol. The second-order valence-corrected chi connectivity index (χ2v) is 5.79. The van der Waals surface area contributed by atoms with Gasteiger partial charge in [0.15, 0.2) is 11.5 Å². The van der Waals surface area contributed by atoms with E-state index in [-0.39, 0.29) is 30.9 Å². The van der Waals surface area contributed by atoms with Crippen molar-refractivity contribution in [3.63, 3.8) is 0 Å². The van der Waals surface area contributed by atoms with Gasteiger partial charge in [-0.05, 0) is 29.4 Å². The topological polar surface area (TPSA) is 104 Å². The van der Waals surface area contributed by atoms with Crippen LogP contribution in [0.2, 0.25) is 0 Å². The van der Waals surface area contributed by atoms with Crippen LogP contribution in [0.15, 0.2) is 29.4 Å². The second-order valence-electron chi connectivity index (χ2n) is 5.79. The van der Waals surface area contributed by atoms with E-state index in [0.29, 0.717) is 22.3 Å². The zero-order valence-corrected chi connectivity index (χ0v) is 11.4. The third-order valence-electron chi connectivity index (χ3n) is 4.39. The summed E-state index contributed by atoms with van der Waals surface area (Å²) in [6.45, 7) is -0.116. The molecule has 0 bridgehead atoms. The van der Waals surface area contributed by atoms with Gasteiger partial charge in [0.2, 0.25) is 17.3 Å². The molecule has 4 rings (SSSR count). The van der Waals surface area contributed by atoms with Gasteiger partial charge in [0.05, 0.1) is 0 Å². The first-order chi connectivity index (χ1) is 10.4. The molecule has 0 radical (unpaired) electrons. The number of carbonyl (C=O) groups is 2. The lowest BCUT2D eigenvalue weighted by Crippen LogP contribution is -2.38. The Morgan fingerprint density at radius 1 is 1.18 bits per heavy atom. The van der Waals surface area contributed by atoms with Crippen LogP contribution in [0.1, 0.15) is 18.4 Å². The number of hydrogen-bond donors (Lipinski definition) is 3. The van der Waals surface area contributed by atoms with Gasteiger partial charge < -0.3 is 20.1 Å². The van der Waals surface area contributed by atoms with Crippen molar-refractivity contribution < 1.29 is 29.6 Å². The second kappa shape index (κ2) is 3.98. The Bertz CT molecular complexity index is 816. The Balaban J connectivity index is 2.01. The number of hydrogen-bond acceptors (Lipinski definition) is 6. The number of aromatic hydroxyl groups is 2. The molecule has 22 heavy (non-hydrogen) atoms. The molecule has 112 valence electrons. The van der Waals surface area contributed by atoms with Crippen molar-refractivity contribution in [3.05, 3.63) is 34.9 Å². The summed E-state index contributed by atoms with van der Waals surface area (Å²) in [6, 6.07) is 2.83. The Labute approximate surface area is 125 Å². The molecule has 0 spiro atoms. The Kier molecular flexibility index (Phi) is 2.37. The third kappa shape index (κ3) is 1.52. The first kappa shape index (κ1) is 13.1. The summed E-state index contributed by atoms with van der Waals surface area (Å²) >= 11 is 0. The molecule has 1 aromatic carbocycles. The zero-order valence-electron chi connectivity index (χ0n) is 11.4. The maximum atomic E-state index is 11.7. The molecule has 1 aromatic rings. The van der Waals surface area contributed by atoms with E-state index < -0.39 is 22.9 Å². The van der Waals surface area contributed by atoms with Crippen LogP contribution >= 0.6 is 0 Å². The van der Waals surface area contributed by atoms with Crippen molar-refractivity contribution >= 4 is 17.1 Å². The minimum atomic E-state index is -1.33. The number of aliphatic hydroxyl groups is 1. The lowest BCUT2D eigenvalue weighted by atomic mass is 9.86. The van der Waals surface area contributed by atoms with Crippen molar-refractivity contribution in [2.24, 2.45) is 0 Å². The van der Waals surface area contributed by atoms with Gasteiger partial charge >= 0.3 is 0 Å². The Morgan fingerprint density at radius 3 is 2.73 bits per heavy atom. The summed E-state index contributed by atoms with van der Waals surface area (Å²) < 4.78 is 5.42. The van der Waals surface area contributed by atoms with Crippen LogP contribution in [0.4, 0.5) is 0 Å². The van der Waals surface area contributed by atoms with E-state index in [9.17, 15) is 24.9 Å².